The van der Waals surface area contributed by atoms with Gasteiger partial charge in [-0.15, -0.1) is 0 Å². The second kappa shape index (κ2) is 6.45. The summed E-state index contributed by atoms with van der Waals surface area (Å²) in [5.41, 5.74) is 9.76. The van der Waals surface area contributed by atoms with E-state index in [2.05, 4.69) is 5.32 Å². The highest BCUT2D eigenvalue weighted by atomic mass is 16.2. The van der Waals surface area contributed by atoms with Gasteiger partial charge in [-0.3, -0.25) is 4.79 Å². The highest BCUT2D eigenvalue weighted by Gasteiger charge is 1.94. The molecule has 0 aliphatic carbocycles. The molecule has 0 saturated heterocycles. The van der Waals surface area contributed by atoms with Crippen molar-refractivity contribution < 1.29 is 9.59 Å². The zero-order valence-electron chi connectivity index (χ0n) is 7.01. The summed E-state index contributed by atoms with van der Waals surface area (Å²) in [6, 6.07) is -0.509. The van der Waals surface area contributed by atoms with Crippen LogP contribution in [0.1, 0.15) is 25.7 Å². The quantitative estimate of drug-likeness (QED) is 0.480. The van der Waals surface area contributed by atoms with Gasteiger partial charge in [0.05, 0.1) is 0 Å². The van der Waals surface area contributed by atoms with Gasteiger partial charge in [-0.2, -0.15) is 0 Å². The topological polar surface area (TPSA) is 98.2 Å². The lowest BCUT2D eigenvalue weighted by molar-refractivity contribution is -0.118. The Labute approximate surface area is 71.5 Å². The molecule has 0 fully saturated rings. The Morgan fingerprint density at radius 1 is 1.08 bits per heavy atom. The summed E-state index contributed by atoms with van der Waals surface area (Å²) in [4.78, 5) is 20.4. The summed E-state index contributed by atoms with van der Waals surface area (Å²) >= 11 is 0. The zero-order valence-corrected chi connectivity index (χ0v) is 7.01. The molecule has 0 radical (unpaired) electrons. The highest BCUT2D eigenvalue weighted by Crippen LogP contribution is 1.97. The van der Waals surface area contributed by atoms with E-state index in [0.29, 0.717) is 13.0 Å². The van der Waals surface area contributed by atoms with Gasteiger partial charge in [-0.25, -0.2) is 4.79 Å². The van der Waals surface area contributed by atoms with E-state index in [9.17, 15) is 9.59 Å². The van der Waals surface area contributed by atoms with Crippen molar-refractivity contribution in [3.63, 3.8) is 0 Å². The molecule has 0 heterocycles. The lowest BCUT2D eigenvalue weighted by atomic mass is 10.2. The number of hydrogen-bond donors (Lipinski definition) is 3. The molecule has 0 aliphatic rings. The number of hydrogen-bond acceptors (Lipinski definition) is 2. The number of nitrogens with one attached hydrogen (secondary N) is 1. The molecule has 5 nitrogen and oxygen atoms in total. The zero-order chi connectivity index (χ0) is 9.40. The monoisotopic (exact) mass is 173 g/mol. The molecule has 0 bridgehead atoms. The second-order valence-corrected chi connectivity index (χ2v) is 2.57. The molecule has 0 aromatic carbocycles. The van der Waals surface area contributed by atoms with Crippen molar-refractivity contribution >= 4 is 11.9 Å². The van der Waals surface area contributed by atoms with Crippen molar-refractivity contribution in [2.75, 3.05) is 6.54 Å². The van der Waals surface area contributed by atoms with Crippen molar-refractivity contribution in [1.29, 1.82) is 0 Å². The van der Waals surface area contributed by atoms with Crippen LogP contribution in [0.5, 0.6) is 0 Å². The van der Waals surface area contributed by atoms with Crippen molar-refractivity contribution in [3.05, 3.63) is 0 Å². The normalized spacial score (nSPS) is 9.33. The summed E-state index contributed by atoms with van der Waals surface area (Å²) in [7, 11) is 0. The maximum atomic E-state index is 10.3. The predicted molar refractivity (Wildman–Crippen MR) is 45.2 cm³/mol. The van der Waals surface area contributed by atoms with Gasteiger partial charge < -0.3 is 16.8 Å². The Balaban J connectivity index is 3.01. The molecule has 0 rings (SSSR count). The molecule has 3 amide bonds. The van der Waals surface area contributed by atoms with E-state index in [1.165, 1.54) is 0 Å². The van der Waals surface area contributed by atoms with E-state index >= 15 is 0 Å². The number of urea groups is 1. The van der Waals surface area contributed by atoms with E-state index < -0.39 is 6.03 Å². The third kappa shape index (κ3) is 8.74. The Morgan fingerprint density at radius 2 is 1.75 bits per heavy atom. The van der Waals surface area contributed by atoms with Gasteiger partial charge in [0.15, 0.2) is 0 Å². The van der Waals surface area contributed by atoms with Crippen molar-refractivity contribution in [1.82, 2.24) is 5.32 Å². The molecular weight excluding hydrogens is 158 g/mol. The molecule has 0 unspecified atom stereocenters. The molecule has 0 spiro atoms. The number of carbonyl (C=O) groups is 2. The lowest BCUT2D eigenvalue weighted by Crippen LogP contribution is -2.29. The van der Waals surface area contributed by atoms with Crippen LogP contribution >= 0.6 is 0 Å². The number of rotatable bonds is 6. The van der Waals surface area contributed by atoms with Gasteiger partial charge >= 0.3 is 6.03 Å². The average molecular weight is 173 g/mol. The van der Waals surface area contributed by atoms with Gasteiger partial charge in [0, 0.05) is 13.0 Å². The first-order chi connectivity index (χ1) is 5.63. The van der Waals surface area contributed by atoms with E-state index in [4.69, 9.17) is 11.5 Å². The molecule has 5 N–H and O–H groups in total. The van der Waals surface area contributed by atoms with E-state index in [1.807, 2.05) is 0 Å². The predicted octanol–water partition coefficient (Wildman–Crippen LogP) is -0.300. The number of nitrogens with two attached hydrogens (primary N) is 2. The molecule has 0 aromatic rings. The Morgan fingerprint density at radius 3 is 2.25 bits per heavy atom. The fraction of sp³-hybridized carbons (Fsp3) is 0.714. The molecule has 12 heavy (non-hydrogen) atoms. The largest absolute Gasteiger partial charge is 0.370 e. The molecule has 0 aliphatic heterocycles. The average Bonchev–Trinajstić information content (AvgIpc) is 1.95. The summed E-state index contributed by atoms with van der Waals surface area (Å²) in [5, 5.41) is 2.46. The van der Waals surface area contributed by atoms with Crippen LogP contribution < -0.4 is 16.8 Å². The van der Waals surface area contributed by atoms with E-state index in [1.54, 1.807) is 0 Å². The van der Waals surface area contributed by atoms with Crippen molar-refractivity contribution in [2.45, 2.75) is 25.7 Å². The Kier molecular flexibility index (Phi) is 5.77. The van der Waals surface area contributed by atoms with Crippen LogP contribution in [0.25, 0.3) is 0 Å². The minimum absolute atomic E-state index is 0.280. The maximum Gasteiger partial charge on any atom is 0.312 e. The third-order valence-electron chi connectivity index (χ3n) is 1.40. The van der Waals surface area contributed by atoms with Gasteiger partial charge in [0.1, 0.15) is 0 Å². The highest BCUT2D eigenvalue weighted by molar-refractivity contribution is 5.73. The second-order valence-electron chi connectivity index (χ2n) is 2.57. The smallest absolute Gasteiger partial charge is 0.312 e. The van der Waals surface area contributed by atoms with Crippen molar-refractivity contribution in [2.24, 2.45) is 11.5 Å². The Bertz CT molecular complexity index is 141. The first-order valence-electron chi connectivity index (χ1n) is 3.94. The number of carbonyl (C=O) groups excluding carboxylic acids is 2. The Hall–Kier alpha value is -1.26. The van der Waals surface area contributed by atoms with Crippen LogP contribution in [0, 0.1) is 0 Å². The number of amides is 3. The first kappa shape index (κ1) is 10.7. The molecular formula is C7H15N3O2. The number of unbranched alkanes of at least 4 members (excludes halogenated alkanes) is 2. The van der Waals surface area contributed by atoms with Crippen LogP contribution in [0.2, 0.25) is 0 Å². The molecule has 70 valence electrons. The summed E-state index contributed by atoms with van der Waals surface area (Å²) in [5.74, 6) is -0.280. The van der Waals surface area contributed by atoms with E-state index in [-0.39, 0.29) is 5.91 Å². The minimum Gasteiger partial charge on any atom is -0.370 e. The summed E-state index contributed by atoms with van der Waals surface area (Å²) < 4.78 is 0. The lowest BCUT2D eigenvalue weighted by Gasteiger charge is -2.00. The first-order valence-corrected chi connectivity index (χ1v) is 3.94. The summed E-state index contributed by atoms with van der Waals surface area (Å²) in [6.07, 6.45) is 2.89. The SMILES string of the molecule is NC(=O)CCCCCNC(N)=O. The van der Waals surface area contributed by atoms with Crippen LogP contribution in [-0.4, -0.2) is 18.5 Å². The maximum absolute atomic E-state index is 10.3. The molecule has 0 atom stereocenters. The van der Waals surface area contributed by atoms with Gasteiger partial charge in [-0.05, 0) is 12.8 Å². The van der Waals surface area contributed by atoms with Crippen LogP contribution in [-0.2, 0) is 4.79 Å². The summed E-state index contributed by atoms with van der Waals surface area (Å²) in [6.45, 7) is 0.564. The van der Waals surface area contributed by atoms with Crippen molar-refractivity contribution in [3.8, 4) is 0 Å². The number of primary amides is 2. The van der Waals surface area contributed by atoms with Gasteiger partial charge in [0.2, 0.25) is 5.91 Å². The van der Waals surface area contributed by atoms with Crippen LogP contribution in [0.15, 0.2) is 0 Å². The fourth-order valence-corrected chi connectivity index (χ4v) is 0.813. The third-order valence-corrected chi connectivity index (χ3v) is 1.40. The van der Waals surface area contributed by atoms with E-state index in [0.717, 1.165) is 19.3 Å². The standard InChI is InChI=1S/C7H15N3O2/c8-6(11)4-2-1-3-5-10-7(9)12/h1-5H2,(H2,8,11)(H3,9,10,12). The van der Waals surface area contributed by atoms with Crippen LogP contribution in [0.4, 0.5) is 4.79 Å². The molecule has 0 saturated carbocycles. The minimum atomic E-state index is -0.509. The van der Waals surface area contributed by atoms with Gasteiger partial charge in [-0.1, -0.05) is 6.42 Å². The van der Waals surface area contributed by atoms with Gasteiger partial charge in [0.25, 0.3) is 0 Å². The fourth-order valence-electron chi connectivity index (χ4n) is 0.813. The van der Waals surface area contributed by atoms with Crippen LogP contribution in [0.3, 0.4) is 0 Å². The molecule has 0 aromatic heterocycles. The molecule has 5 heteroatoms.